The third-order valence-corrected chi connectivity index (χ3v) is 3.57. The van der Waals surface area contributed by atoms with Crippen LogP contribution in [-0.4, -0.2) is 32.3 Å². The van der Waals surface area contributed by atoms with E-state index in [0.717, 1.165) is 23.6 Å². The molecule has 0 bridgehead atoms. The zero-order valence-electron chi connectivity index (χ0n) is 14.2. The number of carbonyl (C=O) groups excluding carboxylic acids is 1. The number of aromatic nitrogens is 4. The van der Waals surface area contributed by atoms with E-state index in [-0.39, 0.29) is 5.82 Å². The first-order chi connectivity index (χ1) is 12.2. The number of aryl methyl sites for hydroxylation is 2. The van der Waals surface area contributed by atoms with Gasteiger partial charge in [0.15, 0.2) is 0 Å². The first-order valence-corrected chi connectivity index (χ1v) is 8.14. The van der Waals surface area contributed by atoms with Gasteiger partial charge in [0.1, 0.15) is 12.4 Å². The highest BCUT2D eigenvalue weighted by Gasteiger charge is 2.16. The van der Waals surface area contributed by atoms with Crippen molar-refractivity contribution in [2.24, 2.45) is 0 Å². The molecule has 130 valence electrons. The topological polar surface area (TPSA) is 82.0 Å². The highest BCUT2D eigenvalue weighted by atomic mass is 16.5. The number of imidazole rings is 1. The number of carbonyl (C=O) groups is 1. The summed E-state index contributed by atoms with van der Waals surface area (Å²) in [6.07, 6.45) is 2.40. The minimum atomic E-state index is -0.541. The van der Waals surface area contributed by atoms with Crippen molar-refractivity contribution >= 4 is 5.97 Å². The Morgan fingerprint density at radius 3 is 2.76 bits per heavy atom. The zero-order valence-corrected chi connectivity index (χ0v) is 14.2. The SMILES string of the molecule is CCc1cc(OC(=O)c2nc(C)c[nH]2)n(CCOc2ccccc2)n1. The maximum atomic E-state index is 12.2. The fraction of sp³-hybridized carbons (Fsp3) is 0.278. The van der Waals surface area contributed by atoms with Gasteiger partial charge in [-0.1, -0.05) is 25.1 Å². The van der Waals surface area contributed by atoms with Gasteiger partial charge in [-0.25, -0.2) is 14.5 Å². The van der Waals surface area contributed by atoms with Crippen molar-refractivity contribution in [3.05, 3.63) is 59.8 Å². The lowest BCUT2D eigenvalue weighted by atomic mass is 10.3. The molecule has 0 radical (unpaired) electrons. The first-order valence-electron chi connectivity index (χ1n) is 8.14. The maximum Gasteiger partial charge on any atom is 0.381 e. The minimum absolute atomic E-state index is 0.170. The number of ether oxygens (including phenoxy) is 2. The molecule has 0 atom stereocenters. The number of benzene rings is 1. The summed E-state index contributed by atoms with van der Waals surface area (Å²) in [5, 5.41) is 4.44. The molecule has 0 unspecified atom stereocenters. The number of nitrogens with one attached hydrogen (secondary N) is 1. The Morgan fingerprint density at radius 2 is 2.08 bits per heavy atom. The summed E-state index contributed by atoms with van der Waals surface area (Å²) < 4.78 is 12.8. The van der Waals surface area contributed by atoms with Gasteiger partial charge in [0.2, 0.25) is 11.7 Å². The maximum absolute atomic E-state index is 12.2. The van der Waals surface area contributed by atoms with Gasteiger partial charge in [0.05, 0.1) is 17.9 Å². The molecule has 7 nitrogen and oxygen atoms in total. The molecule has 0 aliphatic heterocycles. The molecule has 7 heteroatoms. The van der Waals surface area contributed by atoms with E-state index in [4.69, 9.17) is 9.47 Å². The number of rotatable bonds is 7. The Balaban J connectivity index is 1.66. The molecular weight excluding hydrogens is 320 g/mol. The molecule has 25 heavy (non-hydrogen) atoms. The Hall–Kier alpha value is -3.09. The van der Waals surface area contributed by atoms with E-state index in [2.05, 4.69) is 15.1 Å². The minimum Gasteiger partial charge on any atom is -0.492 e. The van der Waals surface area contributed by atoms with Crippen LogP contribution in [0.15, 0.2) is 42.6 Å². The van der Waals surface area contributed by atoms with E-state index < -0.39 is 5.97 Å². The number of esters is 1. The van der Waals surface area contributed by atoms with E-state index in [1.54, 1.807) is 23.9 Å². The number of hydrogen-bond acceptors (Lipinski definition) is 5. The van der Waals surface area contributed by atoms with Crippen molar-refractivity contribution < 1.29 is 14.3 Å². The average molecular weight is 340 g/mol. The molecule has 0 aliphatic rings. The summed E-state index contributed by atoms with van der Waals surface area (Å²) in [7, 11) is 0. The standard InChI is InChI=1S/C18H20N4O3/c1-3-14-11-16(25-18(23)17-19-12-13(2)20-17)22(21-14)9-10-24-15-7-5-4-6-8-15/h4-8,11-12H,3,9-10H2,1-2H3,(H,19,20). The fourth-order valence-electron chi connectivity index (χ4n) is 2.29. The Labute approximate surface area is 145 Å². The van der Waals surface area contributed by atoms with Crippen molar-refractivity contribution in [2.75, 3.05) is 6.61 Å². The van der Waals surface area contributed by atoms with Crippen LogP contribution in [0.4, 0.5) is 0 Å². The largest absolute Gasteiger partial charge is 0.492 e. The molecule has 0 spiro atoms. The predicted octanol–water partition coefficient (Wildman–Crippen LogP) is 2.78. The number of nitrogens with zero attached hydrogens (tertiary/aromatic N) is 3. The third kappa shape index (κ3) is 4.26. The lowest BCUT2D eigenvalue weighted by molar-refractivity contribution is 0.0704. The highest BCUT2D eigenvalue weighted by molar-refractivity contribution is 5.86. The molecule has 0 fully saturated rings. The summed E-state index contributed by atoms with van der Waals surface area (Å²) in [6.45, 7) is 4.68. The lowest BCUT2D eigenvalue weighted by Gasteiger charge is -2.09. The first kappa shape index (κ1) is 16.8. The third-order valence-electron chi connectivity index (χ3n) is 3.57. The van der Waals surface area contributed by atoms with Crippen LogP contribution in [0.2, 0.25) is 0 Å². The van der Waals surface area contributed by atoms with E-state index in [9.17, 15) is 4.79 Å². The summed E-state index contributed by atoms with van der Waals surface area (Å²) in [6, 6.07) is 11.3. The molecule has 0 amide bonds. The molecule has 3 aromatic rings. The average Bonchev–Trinajstić information content (AvgIpc) is 3.22. The van der Waals surface area contributed by atoms with Crippen molar-refractivity contribution in [3.8, 4) is 11.6 Å². The molecular formula is C18H20N4O3. The van der Waals surface area contributed by atoms with Gasteiger partial charge in [-0.2, -0.15) is 5.10 Å². The van der Waals surface area contributed by atoms with Crippen molar-refractivity contribution in [2.45, 2.75) is 26.8 Å². The predicted molar refractivity (Wildman–Crippen MR) is 91.8 cm³/mol. The number of aromatic amines is 1. The number of para-hydroxylation sites is 1. The summed E-state index contributed by atoms with van der Waals surface area (Å²) in [5.74, 6) is 0.798. The lowest BCUT2D eigenvalue weighted by Crippen LogP contribution is -2.16. The Morgan fingerprint density at radius 1 is 1.28 bits per heavy atom. The normalized spacial score (nSPS) is 10.6. The number of hydrogen-bond donors (Lipinski definition) is 1. The van der Waals surface area contributed by atoms with Gasteiger partial charge in [-0.05, 0) is 25.5 Å². The molecule has 3 rings (SSSR count). The van der Waals surface area contributed by atoms with E-state index in [0.29, 0.717) is 19.0 Å². The van der Waals surface area contributed by atoms with Gasteiger partial charge < -0.3 is 14.5 Å². The van der Waals surface area contributed by atoms with Crippen molar-refractivity contribution in [1.29, 1.82) is 0 Å². The second kappa shape index (κ2) is 7.65. The summed E-state index contributed by atoms with van der Waals surface area (Å²) in [4.78, 5) is 19.1. The molecule has 1 N–H and O–H groups in total. The van der Waals surface area contributed by atoms with Crippen LogP contribution >= 0.6 is 0 Å². The molecule has 2 heterocycles. The highest BCUT2D eigenvalue weighted by Crippen LogP contribution is 2.16. The van der Waals surface area contributed by atoms with Crippen LogP contribution in [0.1, 0.15) is 28.9 Å². The van der Waals surface area contributed by atoms with Crippen LogP contribution in [0.25, 0.3) is 0 Å². The van der Waals surface area contributed by atoms with E-state index >= 15 is 0 Å². The molecule has 0 aliphatic carbocycles. The van der Waals surface area contributed by atoms with Gasteiger partial charge in [0.25, 0.3) is 0 Å². The second-order valence-electron chi connectivity index (χ2n) is 5.49. The van der Waals surface area contributed by atoms with E-state index in [1.165, 1.54) is 0 Å². The van der Waals surface area contributed by atoms with E-state index in [1.807, 2.05) is 37.3 Å². The smallest absolute Gasteiger partial charge is 0.381 e. The molecule has 0 saturated carbocycles. The molecule has 2 aromatic heterocycles. The van der Waals surface area contributed by atoms with Crippen LogP contribution in [0.5, 0.6) is 11.6 Å². The Kier molecular flexibility index (Phi) is 5.13. The van der Waals surface area contributed by atoms with Crippen LogP contribution < -0.4 is 9.47 Å². The van der Waals surface area contributed by atoms with Gasteiger partial charge in [0, 0.05) is 12.3 Å². The molecule has 0 saturated heterocycles. The fourth-order valence-corrected chi connectivity index (χ4v) is 2.29. The zero-order chi connectivity index (χ0) is 17.6. The van der Waals surface area contributed by atoms with Gasteiger partial charge in [-0.3, -0.25) is 0 Å². The van der Waals surface area contributed by atoms with Crippen molar-refractivity contribution in [3.63, 3.8) is 0 Å². The Bertz CT molecular complexity index is 839. The molecule has 1 aromatic carbocycles. The van der Waals surface area contributed by atoms with Crippen LogP contribution in [0.3, 0.4) is 0 Å². The number of H-pyrrole nitrogens is 1. The van der Waals surface area contributed by atoms with Crippen LogP contribution in [-0.2, 0) is 13.0 Å². The summed E-state index contributed by atoms with van der Waals surface area (Å²) in [5.41, 5.74) is 1.57. The second-order valence-corrected chi connectivity index (χ2v) is 5.49. The van der Waals surface area contributed by atoms with Crippen molar-refractivity contribution in [1.82, 2.24) is 19.7 Å². The summed E-state index contributed by atoms with van der Waals surface area (Å²) >= 11 is 0. The quantitative estimate of drug-likeness (QED) is 0.669. The van der Waals surface area contributed by atoms with Crippen LogP contribution in [0, 0.1) is 6.92 Å². The van der Waals surface area contributed by atoms with Gasteiger partial charge in [-0.15, -0.1) is 0 Å². The monoisotopic (exact) mass is 340 g/mol. The van der Waals surface area contributed by atoms with Gasteiger partial charge >= 0.3 is 5.97 Å².